The molecule has 1 aliphatic carbocycles. The quantitative estimate of drug-likeness (QED) is 0.166. The summed E-state index contributed by atoms with van der Waals surface area (Å²) in [6.07, 6.45) is 8.85. The summed E-state index contributed by atoms with van der Waals surface area (Å²) in [6.45, 7) is 1.43. The first-order valence-electron chi connectivity index (χ1n) is 14.7. The molecule has 1 aliphatic rings. The van der Waals surface area contributed by atoms with Crippen molar-refractivity contribution in [1.29, 1.82) is 0 Å². The second-order valence-corrected chi connectivity index (χ2v) is 11.5. The SMILES string of the molecule is CN(C)CCNc1cc(F)cc(-c2nccc3[nH]c(-c4[nH]nc5ncc(-c6cncc(NC(=O)C7CCC7)c6)c(F)c45)nc23)c1. The van der Waals surface area contributed by atoms with Gasteiger partial charge in [0, 0.05) is 60.0 Å². The molecular weight excluding hydrogens is 578 g/mol. The Balaban J connectivity index is 1.24. The summed E-state index contributed by atoms with van der Waals surface area (Å²) in [5, 5.41) is 13.4. The van der Waals surface area contributed by atoms with Gasteiger partial charge in [-0.25, -0.2) is 18.7 Å². The first-order valence-corrected chi connectivity index (χ1v) is 14.7. The fourth-order valence-corrected chi connectivity index (χ4v) is 5.41. The Labute approximate surface area is 256 Å². The van der Waals surface area contributed by atoms with Gasteiger partial charge in [0.15, 0.2) is 11.5 Å². The average molecular weight is 609 g/mol. The van der Waals surface area contributed by atoms with Gasteiger partial charge in [-0.15, -0.1) is 0 Å². The van der Waals surface area contributed by atoms with Crippen LogP contribution in [0, 0.1) is 17.6 Å². The molecule has 0 aliphatic heterocycles. The monoisotopic (exact) mass is 608 g/mol. The first-order chi connectivity index (χ1) is 21.8. The Hall–Kier alpha value is -5.30. The molecule has 0 bridgehead atoms. The van der Waals surface area contributed by atoms with Crippen LogP contribution in [0.15, 0.2) is 55.1 Å². The summed E-state index contributed by atoms with van der Waals surface area (Å²) in [7, 11) is 3.94. The molecule has 5 heterocycles. The lowest BCUT2D eigenvalue weighted by atomic mass is 9.85. The molecule has 0 atom stereocenters. The second kappa shape index (κ2) is 11.7. The first kappa shape index (κ1) is 28.5. The van der Waals surface area contributed by atoms with Crippen LogP contribution in [0.2, 0.25) is 0 Å². The van der Waals surface area contributed by atoms with E-state index >= 15 is 4.39 Å². The van der Waals surface area contributed by atoms with Gasteiger partial charge in [0.2, 0.25) is 5.91 Å². The molecule has 6 aromatic rings. The number of aromatic amines is 2. The number of pyridine rings is 3. The van der Waals surface area contributed by atoms with Crippen molar-refractivity contribution in [2.75, 3.05) is 37.8 Å². The highest BCUT2D eigenvalue weighted by Crippen LogP contribution is 2.35. The van der Waals surface area contributed by atoms with Crippen LogP contribution < -0.4 is 10.6 Å². The van der Waals surface area contributed by atoms with Crippen molar-refractivity contribution in [2.24, 2.45) is 5.92 Å². The fraction of sp³-hybridized carbons (Fsp3) is 0.250. The Morgan fingerprint density at radius 2 is 1.89 bits per heavy atom. The molecule has 0 spiro atoms. The number of hydrogen-bond acceptors (Lipinski definition) is 8. The molecule has 0 radical (unpaired) electrons. The molecule has 1 saturated carbocycles. The fourth-order valence-electron chi connectivity index (χ4n) is 5.41. The molecule has 1 aromatic carbocycles. The number of hydrogen-bond donors (Lipinski definition) is 4. The van der Waals surface area contributed by atoms with E-state index in [0.29, 0.717) is 57.3 Å². The van der Waals surface area contributed by atoms with Crippen LogP contribution in [0.4, 0.5) is 20.2 Å². The van der Waals surface area contributed by atoms with E-state index in [0.717, 1.165) is 25.8 Å². The number of amides is 1. The Morgan fingerprint density at radius 1 is 1.04 bits per heavy atom. The maximum absolute atomic E-state index is 16.2. The number of halogens is 2. The second-order valence-electron chi connectivity index (χ2n) is 11.5. The third kappa shape index (κ3) is 5.57. The average Bonchev–Trinajstić information content (AvgIpc) is 3.61. The number of nitrogens with zero attached hydrogens (tertiary/aromatic N) is 6. The van der Waals surface area contributed by atoms with Gasteiger partial charge >= 0.3 is 0 Å². The minimum absolute atomic E-state index is 0.00383. The standard InChI is InChI=1S/C32H30F2N10O/c1-44(2)9-8-36-21-11-18(10-20(33)13-21)27-28-24(6-7-37-27)40-31(41-28)29-25-26(34)23(16-38-30(25)43-42-29)19-12-22(15-35-14-19)39-32(45)17-4-3-5-17/h6-7,10-17,36H,3-5,8-9H2,1-2H3,(H,39,45)(H,40,41)(H,38,42,43). The van der Waals surface area contributed by atoms with E-state index in [1.807, 2.05) is 25.1 Å². The molecule has 1 amide bonds. The van der Waals surface area contributed by atoms with Crippen molar-refractivity contribution in [3.05, 3.63) is 66.8 Å². The van der Waals surface area contributed by atoms with Gasteiger partial charge in [-0.2, -0.15) is 5.10 Å². The van der Waals surface area contributed by atoms with Gasteiger partial charge in [-0.1, -0.05) is 6.42 Å². The third-order valence-electron chi connectivity index (χ3n) is 8.01. The lowest BCUT2D eigenvalue weighted by Gasteiger charge is -2.24. The maximum Gasteiger partial charge on any atom is 0.227 e. The van der Waals surface area contributed by atoms with Crippen LogP contribution in [0.3, 0.4) is 0 Å². The van der Waals surface area contributed by atoms with E-state index in [1.165, 1.54) is 30.7 Å². The number of H-pyrrole nitrogens is 2. The number of nitrogens with one attached hydrogen (secondary N) is 4. The van der Waals surface area contributed by atoms with E-state index in [4.69, 9.17) is 4.98 Å². The number of aromatic nitrogens is 7. The zero-order chi connectivity index (χ0) is 31.1. The van der Waals surface area contributed by atoms with Gasteiger partial charge in [0.1, 0.15) is 22.8 Å². The van der Waals surface area contributed by atoms with E-state index in [1.54, 1.807) is 18.3 Å². The van der Waals surface area contributed by atoms with Crippen LogP contribution in [0.25, 0.3) is 56.0 Å². The van der Waals surface area contributed by atoms with Gasteiger partial charge < -0.3 is 20.5 Å². The molecular formula is C32H30F2N10O. The molecule has 13 heteroatoms. The number of likely N-dealkylation sites (N-methyl/N-ethyl adjacent to an activating group) is 1. The van der Waals surface area contributed by atoms with Gasteiger partial charge in [0.05, 0.1) is 28.5 Å². The van der Waals surface area contributed by atoms with Crippen molar-refractivity contribution in [3.63, 3.8) is 0 Å². The topological polar surface area (TPSA) is 140 Å². The number of benzene rings is 1. The van der Waals surface area contributed by atoms with Crippen LogP contribution in [0.5, 0.6) is 0 Å². The Kier molecular flexibility index (Phi) is 7.37. The van der Waals surface area contributed by atoms with Crippen molar-refractivity contribution in [1.82, 2.24) is 40.0 Å². The summed E-state index contributed by atoms with van der Waals surface area (Å²) in [4.78, 5) is 35.6. The summed E-state index contributed by atoms with van der Waals surface area (Å²) >= 11 is 0. The minimum atomic E-state index is -0.564. The minimum Gasteiger partial charge on any atom is -0.384 e. The molecule has 7 rings (SSSR count). The van der Waals surface area contributed by atoms with E-state index in [9.17, 15) is 9.18 Å². The highest BCUT2D eigenvalue weighted by Gasteiger charge is 2.26. The van der Waals surface area contributed by atoms with E-state index in [2.05, 4.69) is 40.8 Å². The van der Waals surface area contributed by atoms with E-state index < -0.39 is 11.6 Å². The molecule has 1 fully saturated rings. The van der Waals surface area contributed by atoms with Gasteiger partial charge in [-0.05, 0) is 57.3 Å². The van der Waals surface area contributed by atoms with Crippen LogP contribution in [-0.4, -0.2) is 73.1 Å². The number of carbonyl (C=O) groups excluding carboxylic acids is 1. The van der Waals surface area contributed by atoms with Crippen LogP contribution >= 0.6 is 0 Å². The maximum atomic E-state index is 16.2. The van der Waals surface area contributed by atoms with Crippen molar-refractivity contribution in [2.45, 2.75) is 19.3 Å². The summed E-state index contributed by atoms with van der Waals surface area (Å²) in [5.74, 6) is -0.703. The number of rotatable bonds is 9. The van der Waals surface area contributed by atoms with Crippen molar-refractivity contribution >= 4 is 39.3 Å². The highest BCUT2D eigenvalue weighted by molar-refractivity contribution is 5.97. The predicted octanol–water partition coefficient (Wildman–Crippen LogP) is 5.62. The van der Waals surface area contributed by atoms with Gasteiger partial charge in [0.25, 0.3) is 0 Å². The number of anilines is 2. The Bertz CT molecular complexity index is 2050. The number of imidazole rings is 1. The number of carbonyl (C=O) groups is 1. The third-order valence-corrected chi connectivity index (χ3v) is 8.01. The predicted molar refractivity (Wildman–Crippen MR) is 168 cm³/mol. The van der Waals surface area contributed by atoms with Crippen LogP contribution in [0.1, 0.15) is 19.3 Å². The zero-order valence-electron chi connectivity index (χ0n) is 24.7. The Morgan fingerprint density at radius 3 is 2.69 bits per heavy atom. The highest BCUT2D eigenvalue weighted by atomic mass is 19.1. The number of fused-ring (bicyclic) bond motifs is 2. The molecule has 228 valence electrons. The van der Waals surface area contributed by atoms with Gasteiger partial charge in [-0.3, -0.25) is 19.9 Å². The molecule has 4 N–H and O–H groups in total. The lowest BCUT2D eigenvalue weighted by Crippen LogP contribution is -2.28. The lowest BCUT2D eigenvalue weighted by molar-refractivity contribution is -0.122. The van der Waals surface area contributed by atoms with Crippen molar-refractivity contribution < 1.29 is 13.6 Å². The van der Waals surface area contributed by atoms with Crippen LogP contribution in [-0.2, 0) is 4.79 Å². The molecule has 0 unspecified atom stereocenters. The molecule has 11 nitrogen and oxygen atoms in total. The summed E-state index contributed by atoms with van der Waals surface area (Å²) < 4.78 is 30.9. The molecule has 0 saturated heterocycles. The largest absolute Gasteiger partial charge is 0.384 e. The summed E-state index contributed by atoms with van der Waals surface area (Å²) in [6, 6.07) is 8.10. The zero-order valence-corrected chi connectivity index (χ0v) is 24.7. The smallest absolute Gasteiger partial charge is 0.227 e. The van der Waals surface area contributed by atoms with Crippen molar-refractivity contribution in [3.8, 4) is 33.9 Å². The summed E-state index contributed by atoms with van der Waals surface area (Å²) in [5.41, 5.74) is 4.38. The normalized spacial score (nSPS) is 13.4. The molecule has 45 heavy (non-hydrogen) atoms. The molecule has 5 aromatic heterocycles. The van der Waals surface area contributed by atoms with E-state index in [-0.39, 0.29) is 28.4 Å².